The summed E-state index contributed by atoms with van der Waals surface area (Å²) in [6.45, 7) is 4.00. The highest BCUT2D eigenvalue weighted by Crippen LogP contribution is 2.26. The Bertz CT molecular complexity index is 1320. The molecule has 12 nitrogen and oxygen atoms in total. The number of rotatable bonds is 49. The smallest absolute Gasteiger partial charge is 0.397 e. The standard InChI is InChI=1S/C55H102O12S/c1-3-5-7-9-11-13-15-17-19-21-23-25-26-28-30-32-34-36-38-40-42-44-51(57)65-49(48-64-55-53(59)54(67-68(60,61)62)52(58)50(46-56)66-55)47-63-45-43-41-39-37-35-33-31-29-27-24-22-20-18-16-14-12-10-8-6-4-2/h12,14,18,20-21,23,49-50,52-56,58-59H,3-11,13,15-17,19,22,24-48H2,1-2H3,(H,60,61,62)/b14-12-,20-18-,23-21-. The Hall–Kier alpha value is -1.68. The lowest BCUT2D eigenvalue weighted by atomic mass is 9.99. The third-order valence-corrected chi connectivity index (χ3v) is 13.2. The lowest BCUT2D eigenvalue weighted by Crippen LogP contribution is -2.60. The highest BCUT2D eigenvalue weighted by atomic mass is 32.3. The molecule has 1 heterocycles. The van der Waals surface area contributed by atoms with Crippen molar-refractivity contribution in [1.29, 1.82) is 0 Å². The van der Waals surface area contributed by atoms with E-state index >= 15 is 0 Å². The van der Waals surface area contributed by atoms with Crippen molar-refractivity contribution in [2.75, 3.05) is 26.4 Å². The van der Waals surface area contributed by atoms with E-state index in [1.807, 2.05) is 0 Å². The van der Waals surface area contributed by atoms with E-state index in [9.17, 15) is 33.1 Å². The molecule has 0 radical (unpaired) electrons. The van der Waals surface area contributed by atoms with Gasteiger partial charge in [0.15, 0.2) is 6.29 Å². The minimum absolute atomic E-state index is 0.0348. The van der Waals surface area contributed by atoms with Crippen LogP contribution in [0, 0.1) is 0 Å². The molecule has 0 saturated carbocycles. The van der Waals surface area contributed by atoms with Gasteiger partial charge in [0.05, 0.1) is 19.8 Å². The molecule has 0 spiro atoms. The van der Waals surface area contributed by atoms with E-state index in [4.69, 9.17) is 18.9 Å². The maximum Gasteiger partial charge on any atom is 0.397 e. The maximum absolute atomic E-state index is 12.9. The van der Waals surface area contributed by atoms with Crippen LogP contribution in [0.5, 0.6) is 0 Å². The van der Waals surface area contributed by atoms with Crippen LogP contribution >= 0.6 is 0 Å². The summed E-state index contributed by atoms with van der Waals surface area (Å²) < 4.78 is 59.4. The molecule has 0 aliphatic carbocycles. The first-order valence-electron chi connectivity index (χ1n) is 27.7. The van der Waals surface area contributed by atoms with Crippen molar-refractivity contribution in [3.8, 4) is 0 Å². The Balaban J connectivity index is 2.32. The fraction of sp³-hybridized carbons (Fsp3) is 0.873. The second-order valence-electron chi connectivity index (χ2n) is 19.2. The highest BCUT2D eigenvalue weighted by Gasteiger charge is 2.48. The molecule has 6 unspecified atom stereocenters. The monoisotopic (exact) mass is 987 g/mol. The number of aliphatic hydroxyl groups is 3. The van der Waals surface area contributed by atoms with Crippen molar-refractivity contribution in [3.05, 3.63) is 36.5 Å². The second-order valence-corrected chi connectivity index (χ2v) is 20.2. The van der Waals surface area contributed by atoms with Gasteiger partial charge in [-0.3, -0.25) is 9.35 Å². The van der Waals surface area contributed by atoms with Gasteiger partial charge in [0, 0.05) is 13.0 Å². The van der Waals surface area contributed by atoms with Crippen LogP contribution in [0.15, 0.2) is 36.5 Å². The van der Waals surface area contributed by atoms with Gasteiger partial charge in [-0.2, -0.15) is 8.42 Å². The molecule has 68 heavy (non-hydrogen) atoms. The van der Waals surface area contributed by atoms with Gasteiger partial charge in [-0.25, -0.2) is 4.18 Å². The zero-order valence-electron chi connectivity index (χ0n) is 43.2. The van der Waals surface area contributed by atoms with Crippen LogP contribution < -0.4 is 0 Å². The van der Waals surface area contributed by atoms with Gasteiger partial charge in [-0.1, -0.05) is 204 Å². The van der Waals surface area contributed by atoms with Crippen LogP contribution in [0.2, 0.25) is 0 Å². The quantitative estimate of drug-likeness (QED) is 0.0197. The van der Waals surface area contributed by atoms with E-state index in [0.29, 0.717) is 13.0 Å². The molecule has 0 aromatic rings. The van der Waals surface area contributed by atoms with Crippen LogP contribution in [0.3, 0.4) is 0 Å². The second kappa shape index (κ2) is 46.4. The molecule has 1 rings (SSSR count). The Morgan fingerprint density at radius 1 is 0.559 bits per heavy atom. The molecule has 1 saturated heterocycles. The first kappa shape index (κ1) is 64.3. The third-order valence-electron chi connectivity index (χ3n) is 12.7. The van der Waals surface area contributed by atoms with Crippen molar-refractivity contribution in [1.82, 2.24) is 0 Å². The summed E-state index contributed by atoms with van der Waals surface area (Å²) in [6.07, 6.45) is 47.4. The van der Waals surface area contributed by atoms with Gasteiger partial charge in [0.2, 0.25) is 0 Å². The summed E-state index contributed by atoms with van der Waals surface area (Å²) >= 11 is 0. The van der Waals surface area contributed by atoms with Gasteiger partial charge >= 0.3 is 16.4 Å². The number of ether oxygens (including phenoxy) is 4. The number of hydrogen-bond donors (Lipinski definition) is 4. The SMILES string of the molecule is CCCCC/C=C\C/C=C\CCCCCCCCCCCCOCC(COC1OC(CO)C(O)C(OS(=O)(=O)O)C1O)OC(=O)CCCCCCCCCCC/C=C\CCCCCCCCCC. The van der Waals surface area contributed by atoms with E-state index in [1.54, 1.807) is 0 Å². The number of unbranched alkanes of at least 4 members (excludes halogenated alkanes) is 30. The molecule has 0 amide bonds. The molecule has 0 aromatic carbocycles. The first-order valence-corrected chi connectivity index (χ1v) is 29.1. The molecular weight excluding hydrogens is 885 g/mol. The molecule has 1 aliphatic rings. The van der Waals surface area contributed by atoms with Crippen molar-refractivity contribution in [2.24, 2.45) is 0 Å². The van der Waals surface area contributed by atoms with Crippen LogP contribution in [0.25, 0.3) is 0 Å². The Morgan fingerprint density at radius 2 is 0.971 bits per heavy atom. The fourth-order valence-electron chi connectivity index (χ4n) is 8.52. The van der Waals surface area contributed by atoms with Gasteiger partial charge in [0.25, 0.3) is 0 Å². The number of hydrogen-bond acceptors (Lipinski definition) is 11. The normalized spacial score (nSPS) is 19.5. The van der Waals surface area contributed by atoms with E-state index < -0.39 is 59.8 Å². The zero-order chi connectivity index (χ0) is 49.6. The van der Waals surface area contributed by atoms with E-state index in [2.05, 4.69) is 54.5 Å². The summed E-state index contributed by atoms with van der Waals surface area (Å²) in [5.41, 5.74) is 0. The molecule has 1 aliphatic heterocycles. The molecule has 13 heteroatoms. The minimum Gasteiger partial charge on any atom is -0.457 e. The number of carbonyl (C=O) groups excluding carboxylic acids is 1. The minimum atomic E-state index is -5.07. The summed E-state index contributed by atoms with van der Waals surface area (Å²) in [5, 5.41) is 30.8. The lowest BCUT2D eigenvalue weighted by molar-refractivity contribution is -0.301. The van der Waals surface area contributed by atoms with Crippen LogP contribution in [0.1, 0.15) is 245 Å². The van der Waals surface area contributed by atoms with Crippen molar-refractivity contribution in [2.45, 2.75) is 282 Å². The molecule has 4 N–H and O–H groups in total. The molecule has 400 valence electrons. The number of allylic oxidation sites excluding steroid dienone is 6. The molecule has 0 aromatic heterocycles. The lowest BCUT2D eigenvalue weighted by Gasteiger charge is -2.41. The molecule has 1 fully saturated rings. The van der Waals surface area contributed by atoms with Gasteiger partial charge < -0.3 is 34.3 Å². The van der Waals surface area contributed by atoms with Crippen LogP contribution in [0.4, 0.5) is 0 Å². The Kier molecular flexibility index (Phi) is 43.9. The molecular formula is C55H102O12S. The molecule has 0 bridgehead atoms. The van der Waals surface area contributed by atoms with Gasteiger partial charge in [-0.05, 0) is 70.6 Å². The van der Waals surface area contributed by atoms with Crippen molar-refractivity contribution in [3.63, 3.8) is 0 Å². The Labute approximate surface area is 415 Å². The average Bonchev–Trinajstić information content (AvgIpc) is 3.31. The van der Waals surface area contributed by atoms with E-state index in [0.717, 1.165) is 44.9 Å². The third kappa shape index (κ3) is 39.0. The summed E-state index contributed by atoms with van der Waals surface area (Å²) in [5.74, 6) is -0.399. The van der Waals surface area contributed by atoms with Crippen LogP contribution in [-0.2, 0) is 38.3 Å². The fourth-order valence-corrected chi connectivity index (χ4v) is 9.03. The number of aliphatic hydroxyl groups excluding tert-OH is 3. The van der Waals surface area contributed by atoms with Gasteiger partial charge in [0.1, 0.15) is 30.5 Å². The molecule has 6 atom stereocenters. The van der Waals surface area contributed by atoms with E-state index in [-0.39, 0.29) is 19.6 Å². The van der Waals surface area contributed by atoms with Crippen molar-refractivity contribution < 1.29 is 56.2 Å². The zero-order valence-corrected chi connectivity index (χ0v) is 44.0. The van der Waals surface area contributed by atoms with E-state index in [1.165, 1.54) is 173 Å². The predicted molar refractivity (Wildman–Crippen MR) is 276 cm³/mol. The summed E-state index contributed by atoms with van der Waals surface area (Å²) in [7, 11) is -5.07. The predicted octanol–water partition coefficient (Wildman–Crippen LogP) is 13.3. The maximum atomic E-state index is 12.9. The topological polar surface area (TPSA) is 178 Å². The first-order chi connectivity index (χ1) is 33.1. The van der Waals surface area contributed by atoms with Crippen molar-refractivity contribution >= 4 is 16.4 Å². The largest absolute Gasteiger partial charge is 0.457 e. The number of esters is 1. The summed E-state index contributed by atoms with van der Waals surface area (Å²) in [4.78, 5) is 12.9. The Morgan fingerprint density at radius 3 is 1.44 bits per heavy atom. The van der Waals surface area contributed by atoms with Gasteiger partial charge in [-0.15, -0.1) is 0 Å². The van der Waals surface area contributed by atoms with Crippen LogP contribution in [-0.4, -0.2) is 97.5 Å². The average molecular weight is 987 g/mol. The summed E-state index contributed by atoms with van der Waals surface area (Å²) in [6, 6.07) is 0. The highest BCUT2D eigenvalue weighted by molar-refractivity contribution is 7.80. The number of carbonyl (C=O) groups is 1.